The molecule has 1 aromatic carbocycles. The molecular formula is C21H38IN5. The summed E-state index contributed by atoms with van der Waals surface area (Å²) in [7, 11) is 1.85. The molecular weight excluding hydrogens is 449 g/mol. The SMILES string of the molecule is CCN(CC)C(C)CNC(=NC)NCC(c1ccccc1)N1CCCC1.I. The molecule has 1 aliphatic heterocycles. The number of likely N-dealkylation sites (N-methyl/N-ethyl adjacent to an activating group) is 1. The topological polar surface area (TPSA) is 42.9 Å². The van der Waals surface area contributed by atoms with Crippen LogP contribution in [-0.2, 0) is 0 Å². The van der Waals surface area contributed by atoms with E-state index in [0.29, 0.717) is 12.1 Å². The Hall–Kier alpha value is -0.860. The Morgan fingerprint density at radius 3 is 2.22 bits per heavy atom. The molecule has 5 nitrogen and oxygen atoms in total. The van der Waals surface area contributed by atoms with Gasteiger partial charge in [-0.05, 0) is 51.5 Å². The van der Waals surface area contributed by atoms with Crippen LogP contribution in [-0.4, -0.2) is 68.1 Å². The molecule has 0 radical (unpaired) electrons. The van der Waals surface area contributed by atoms with Gasteiger partial charge in [0.2, 0.25) is 0 Å². The van der Waals surface area contributed by atoms with Gasteiger partial charge in [0.25, 0.3) is 0 Å². The van der Waals surface area contributed by atoms with E-state index >= 15 is 0 Å². The van der Waals surface area contributed by atoms with Crippen molar-refractivity contribution in [1.82, 2.24) is 20.4 Å². The average Bonchev–Trinajstić information content (AvgIpc) is 3.20. The molecule has 6 heteroatoms. The zero-order chi connectivity index (χ0) is 18.8. The monoisotopic (exact) mass is 487 g/mol. The second-order valence-corrected chi connectivity index (χ2v) is 7.07. The lowest BCUT2D eigenvalue weighted by Crippen LogP contribution is -2.47. The van der Waals surface area contributed by atoms with Crippen LogP contribution in [0.15, 0.2) is 35.3 Å². The van der Waals surface area contributed by atoms with Gasteiger partial charge in [0, 0.05) is 26.2 Å². The van der Waals surface area contributed by atoms with E-state index in [0.717, 1.165) is 32.1 Å². The van der Waals surface area contributed by atoms with Gasteiger partial charge in [-0.1, -0.05) is 44.2 Å². The normalized spacial score (nSPS) is 17.4. The molecule has 2 unspecified atom stereocenters. The average molecular weight is 487 g/mol. The molecule has 0 bridgehead atoms. The number of nitrogens with zero attached hydrogens (tertiary/aromatic N) is 3. The van der Waals surface area contributed by atoms with Crippen molar-refractivity contribution in [1.29, 1.82) is 0 Å². The van der Waals surface area contributed by atoms with Crippen molar-refractivity contribution >= 4 is 29.9 Å². The molecule has 0 aliphatic carbocycles. The van der Waals surface area contributed by atoms with Crippen molar-refractivity contribution < 1.29 is 0 Å². The van der Waals surface area contributed by atoms with Gasteiger partial charge in [-0.25, -0.2) is 0 Å². The van der Waals surface area contributed by atoms with Crippen LogP contribution < -0.4 is 10.6 Å². The first-order valence-corrected chi connectivity index (χ1v) is 10.2. The van der Waals surface area contributed by atoms with Gasteiger partial charge < -0.3 is 10.6 Å². The fourth-order valence-electron chi connectivity index (χ4n) is 3.82. The van der Waals surface area contributed by atoms with Gasteiger partial charge in [-0.3, -0.25) is 14.8 Å². The Balaban J connectivity index is 0.00000364. The first-order valence-electron chi connectivity index (χ1n) is 10.2. The van der Waals surface area contributed by atoms with E-state index in [1.165, 1.54) is 31.5 Å². The predicted molar refractivity (Wildman–Crippen MR) is 127 cm³/mol. The summed E-state index contributed by atoms with van der Waals surface area (Å²) in [5.74, 6) is 0.893. The number of rotatable bonds is 9. The van der Waals surface area contributed by atoms with Gasteiger partial charge >= 0.3 is 0 Å². The number of halogens is 1. The van der Waals surface area contributed by atoms with E-state index in [-0.39, 0.29) is 24.0 Å². The maximum Gasteiger partial charge on any atom is 0.191 e. The molecule has 1 aromatic rings. The summed E-state index contributed by atoms with van der Waals surface area (Å²) < 4.78 is 0. The molecule has 154 valence electrons. The maximum absolute atomic E-state index is 4.42. The van der Waals surface area contributed by atoms with E-state index in [1.807, 2.05) is 7.05 Å². The van der Waals surface area contributed by atoms with Crippen molar-refractivity contribution in [2.24, 2.45) is 4.99 Å². The number of benzene rings is 1. The largest absolute Gasteiger partial charge is 0.355 e. The van der Waals surface area contributed by atoms with Crippen molar-refractivity contribution in [2.45, 2.75) is 45.7 Å². The highest BCUT2D eigenvalue weighted by Gasteiger charge is 2.23. The summed E-state index contributed by atoms with van der Waals surface area (Å²) in [5, 5.41) is 7.05. The second kappa shape index (κ2) is 13.3. The molecule has 1 aliphatic rings. The predicted octanol–water partition coefficient (Wildman–Crippen LogP) is 3.34. The van der Waals surface area contributed by atoms with Crippen LogP contribution >= 0.6 is 24.0 Å². The summed E-state index contributed by atoms with van der Waals surface area (Å²) in [6.07, 6.45) is 2.61. The van der Waals surface area contributed by atoms with E-state index in [4.69, 9.17) is 0 Å². The van der Waals surface area contributed by atoms with Crippen molar-refractivity contribution in [2.75, 3.05) is 46.3 Å². The molecule has 0 amide bonds. The second-order valence-electron chi connectivity index (χ2n) is 7.07. The quantitative estimate of drug-likeness (QED) is 0.319. The Morgan fingerprint density at radius 1 is 1.07 bits per heavy atom. The van der Waals surface area contributed by atoms with Crippen molar-refractivity contribution in [3.63, 3.8) is 0 Å². The van der Waals surface area contributed by atoms with Crippen molar-refractivity contribution in [3.8, 4) is 0 Å². The molecule has 0 aromatic heterocycles. The molecule has 2 rings (SSSR count). The summed E-state index contributed by atoms with van der Waals surface area (Å²) in [5.41, 5.74) is 1.38. The molecule has 1 saturated heterocycles. The van der Waals surface area contributed by atoms with Crippen LogP contribution in [0.3, 0.4) is 0 Å². The van der Waals surface area contributed by atoms with Gasteiger partial charge in [0.05, 0.1) is 6.04 Å². The van der Waals surface area contributed by atoms with E-state index < -0.39 is 0 Å². The van der Waals surface area contributed by atoms with Gasteiger partial charge in [0.15, 0.2) is 5.96 Å². The minimum atomic E-state index is 0. The third-order valence-electron chi connectivity index (χ3n) is 5.45. The van der Waals surface area contributed by atoms with Crippen LogP contribution in [0.5, 0.6) is 0 Å². The third-order valence-corrected chi connectivity index (χ3v) is 5.45. The standard InChI is InChI=1S/C21H37N5.HI/c1-5-25(6-2)18(3)16-23-21(22-4)24-17-20(26-14-10-11-15-26)19-12-8-7-9-13-19;/h7-9,12-13,18,20H,5-6,10-11,14-17H2,1-4H3,(H2,22,23,24);1H. The molecule has 27 heavy (non-hydrogen) atoms. The fraction of sp³-hybridized carbons (Fsp3) is 0.667. The highest BCUT2D eigenvalue weighted by atomic mass is 127. The smallest absolute Gasteiger partial charge is 0.191 e. The molecule has 2 atom stereocenters. The van der Waals surface area contributed by atoms with Crippen LogP contribution in [0.25, 0.3) is 0 Å². The molecule has 1 fully saturated rings. The maximum atomic E-state index is 4.42. The minimum absolute atomic E-state index is 0. The Morgan fingerprint density at radius 2 is 1.67 bits per heavy atom. The summed E-state index contributed by atoms with van der Waals surface area (Å²) in [4.78, 5) is 9.47. The van der Waals surface area contributed by atoms with Crippen LogP contribution in [0.1, 0.15) is 45.2 Å². The van der Waals surface area contributed by atoms with Crippen LogP contribution in [0, 0.1) is 0 Å². The summed E-state index contributed by atoms with van der Waals surface area (Å²) in [6, 6.07) is 11.7. The van der Waals surface area contributed by atoms with Gasteiger partial charge in [0.1, 0.15) is 0 Å². The third kappa shape index (κ3) is 7.58. The first kappa shape index (κ1) is 24.2. The van der Waals surface area contributed by atoms with Gasteiger partial charge in [-0.2, -0.15) is 0 Å². The number of hydrogen-bond acceptors (Lipinski definition) is 3. The highest BCUT2D eigenvalue weighted by molar-refractivity contribution is 14.0. The lowest BCUT2D eigenvalue weighted by atomic mass is 10.1. The Labute approximate surface area is 183 Å². The van der Waals surface area contributed by atoms with Crippen molar-refractivity contribution in [3.05, 3.63) is 35.9 Å². The number of likely N-dealkylation sites (tertiary alicyclic amines) is 1. The number of guanidine groups is 1. The van der Waals surface area contributed by atoms with Crippen LogP contribution in [0.4, 0.5) is 0 Å². The summed E-state index contributed by atoms with van der Waals surface area (Å²) in [6.45, 7) is 13.0. The highest BCUT2D eigenvalue weighted by Crippen LogP contribution is 2.24. The van der Waals surface area contributed by atoms with Crippen LogP contribution in [0.2, 0.25) is 0 Å². The number of nitrogens with one attached hydrogen (secondary N) is 2. The van der Waals surface area contributed by atoms with E-state index in [9.17, 15) is 0 Å². The zero-order valence-electron chi connectivity index (χ0n) is 17.4. The zero-order valence-corrected chi connectivity index (χ0v) is 19.8. The Kier molecular flexibility index (Phi) is 11.9. The minimum Gasteiger partial charge on any atom is -0.355 e. The van der Waals surface area contributed by atoms with E-state index in [1.54, 1.807) is 0 Å². The molecule has 0 saturated carbocycles. The first-order chi connectivity index (χ1) is 12.7. The van der Waals surface area contributed by atoms with E-state index in [2.05, 4.69) is 76.5 Å². The lowest BCUT2D eigenvalue weighted by Gasteiger charge is -2.30. The fourth-order valence-corrected chi connectivity index (χ4v) is 3.82. The summed E-state index contributed by atoms with van der Waals surface area (Å²) >= 11 is 0. The molecule has 0 spiro atoms. The number of hydrogen-bond donors (Lipinski definition) is 2. The Bertz CT molecular complexity index is 527. The molecule has 1 heterocycles. The van der Waals surface area contributed by atoms with Gasteiger partial charge in [-0.15, -0.1) is 24.0 Å². The lowest BCUT2D eigenvalue weighted by molar-refractivity contribution is 0.230. The molecule has 2 N–H and O–H groups in total. The number of aliphatic imine (C=N–C) groups is 1.